The van der Waals surface area contributed by atoms with E-state index in [1.54, 1.807) is 11.3 Å². The zero-order valence-electron chi connectivity index (χ0n) is 19.2. The topological polar surface area (TPSA) is 6.48 Å². The maximum atomic E-state index is 2.77. The summed E-state index contributed by atoms with van der Waals surface area (Å²) in [6.07, 6.45) is 6.14. The fraction of sp³-hybridized carbons (Fsp3) is 0.333. The van der Waals surface area contributed by atoms with E-state index < -0.39 is 0 Å². The highest BCUT2D eigenvalue weighted by molar-refractivity contribution is 7.99. The normalized spacial score (nSPS) is 21.8. The molecule has 3 heterocycles. The molecule has 1 fully saturated rings. The van der Waals surface area contributed by atoms with Crippen molar-refractivity contribution in [1.82, 2.24) is 4.90 Å². The molecule has 0 bridgehead atoms. The Balaban J connectivity index is 1.19. The highest BCUT2D eigenvalue weighted by atomic mass is 32.2. The van der Waals surface area contributed by atoms with Gasteiger partial charge >= 0.3 is 0 Å². The van der Waals surface area contributed by atoms with Gasteiger partial charge in [-0.05, 0) is 53.3 Å². The van der Waals surface area contributed by atoms with E-state index >= 15 is 0 Å². The third kappa shape index (κ3) is 4.13. The van der Waals surface area contributed by atoms with Crippen LogP contribution < -0.4 is 4.90 Å². The average Bonchev–Trinajstić information content (AvgIpc) is 3.03. The Morgan fingerprint density at radius 1 is 0.879 bits per heavy atom. The molecule has 3 heteroatoms. The maximum absolute atomic E-state index is 2.77. The van der Waals surface area contributed by atoms with Crippen LogP contribution in [0.5, 0.6) is 0 Å². The van der Waals surface area contributed by atoms with Crippen LogP contribution in [0.3, 0.4) is 0 Å². The predicted octanol–water partition coefficient (Wildman–Crippen LogP) is 6.68. The first-order chi connectivity index (χ1) is 16.4. The number of fused-ring (bicyclic) bond motifs is 3. The van der Waals surface area contributed by atoms with Gasteiger partial charge in [0.05, 0.1) is 5.69 Å². The van der Waals surface area contributed by atoms with Crippen molar-refractivity contribution < 1.29 is 0 Å². The molecule has 33 heavy (non-hydrogen) atoms. The lowest BCUT2D eigenvalue weighted by Crippen LogP contribution is -2.46. The van der Waals surface area contributed by atoms with E-state index in [-0.39, 0.29) is 0 Å². The van der Waals surface area contributed by atoms with Gasteiger partial charge in [-0.25, -0.2) is 0 Å². The fourth-order valence-corrected chi connectivity index (χ4v) is 7.08. The van der Waals surface area contributed by atoms with E-state index in [4.69, 9.17) is 0 Å². The largest absolute Gasteiger partial charge is 0.367 e. The number of anilines is 1. The van der Waals surface area contributed by atoms with Gasteiger partial charge in [0.1, 0.15) is 0 Å². The lowest BCUT2D eigenvalue weighted by molar-refractivity contribution is 0.196. The molecule has 3 aliphatic rings. The molecule has 0 aliphatic carbocycles. The second kappa shape index (κ2) is 9.40. The summed E-state index contributed by atoms with van der Waals surface area (Å²) >= 11 is 2.06. The van der Waals surface area contributed by atoms with Gasteiger partial charge in [0, 0.05) is 43.0 Å². The number of thioether (sulfide) groups is 1. The average molecular weight is 453 g/mol. The number of piperidine rings is 1. The van der Waals surface area contributed by atoms with Crippen LogP contribution in [0, 0.1) is 0 Å². The standard InChI is InChI=1S/C30H32N2S/c1-3-10-23(11-4-1)25(24-12-5-2-6-13-24)15-8-18-31-20-17-28-27(22-31)26-14-7-16-29-30(26)32(28)19-9-21-33-29/h1-7,10-16,27-28H,8-9,17-22H2/t27-,28-/m1/s1. The first kappa shape index (κ1) is 21.1. The lowest BCUT2D eigenvalue weighted by atomic mass is 9.89. The third-order valence-electron chi connectivity index (χ3n) is 7.54. The van der Waals surface area contributed by atoms with Gasteiger partial charge in [-0.1, -0.05) is 78.9 Å². The molecule has 2 nitrogen and oxygen atoms in total. The SMILES string of the molecule is C(CCN1CC[C@@H]2[C@H](C1)c1cccc3c1N2CCCS3)=C(c1ccccc1)c1ccccc1. The monoisotopic (exact) mass is 452 g/mol. The van der Waals surface area contributed by atoms with Crippen molar-refractivity contribution in [3.05, 3.63) is 102 Å². The number of likely N-dealkylation sites (tertiary alicyclic amines) is 1. The number of para-hydroxylation sites is 1. The van der Waals surface area contributed by atoms with Gasteiger partial charge in [-0.15, -0.1) is 11.8 Å². The molecule has 0 spiro atoms. The smallest absolute Gasteiger partial charge is 0.0543 e. The lowest BCUT2D eigenvalue weighted by Gasteiger charge is -2.39. The first-order valence-corrected chi connectivity index (χ1v) is 13.4. The summed E-state index contributed by atoms with van der Waals surface area (Å²) in [4.78, 5) is 7.00. The van der Waals surface area contributed by atoms with Crippen molar-refractivity contribution in [3.63, 3.8) is 0 Å². The molecule has 3 aromatic rings. The molecule has 168 valence electrons. The summed E-state index contributed by atoms with van der Waals surface area (Å²) in [7, 11) is 0. The van der Waals surface area contributed by atoms with Crippen molar-refractivity contribution in [1.29, 1.82) is 0 Å². The zero-order valence-corrected chi connectivity index (χ0v) is 20.0. The Morgan fingerprint density at radius 3 is 2.39 bits per heavy atom. The first-order valence-electron chi connectivity index (χ1n) is 12.4. The van der Waals surface area contributed by atoms with Crippen molar-refractivity contribution in [2.75, 3.05) is 36.8 Å². The number of benzene rings is 3. The summed E-state index contributed by atoms with van der Waals surface area (Å²) in [5.41, 5.74) is 7.16. The molecule has 3 aromatic carbocycles. The summed E-state index contributed by atoms with van der Waals surface area (Å²) in [5, 5.41) is 0. The Labute approximate surface area is 202 Å². The van der Waals surface area contributed by atoms with E-state index in [0.29, 0.717) is 12.0 Å². The van der Waals surface area contributed by atoms with Crippen molar-refractivity contribution >= 4 is 23.0 Å². The molecule has 6 rings (SSSR count). The second-order valence-electron chi connectivity index (χ2n) is 9.49. The molecule has 2 atom stereocenters. The molecular formula is C30H32N2S. The summed E-state index contributed by atoms with van der Waals surface area (Å²) in [5.74, 6) is 1.92. The van der Waals surface area contributed by atoms with Crippen LogP contribution >= 0.6 is 11.8 Å². The van der Waals surface area contributed by atoms with E-state index in [1.807, 2.05) is 0 Å². The molecule has 1 saturated heterocycles. The van der Waals surface area contributed by atoms with Crippen molar-refractivity contribution in [3.8, 4) is 0 Å². The van der Waals surface area contributed by atoms with Gasteiger partial charge < -0.3 is 9.80 Å². The van der Waals surface area contributed by atoms with Gasteiger partial charge in [0.15, 0.2) is 0 Å². The van der Waals surface area contributed by atoms with Gasteiger partial charge in [-0.2, -0.15) is 0 Å². The Kier molecular flexibility index (Phi) is 6.00. The van der Waals surface area contributed by atoms with E-state index in [9.17, 15) is 0 Å². The Morgan fingerprint density at radius 2 is 1.64 bits per heavy atom. The van der Waals surface area contributed by atoms with Crippen molar-refractivity contribution in [2.45, 2.75) is 36.1 Å². The highest BCUT2D eigenvalue weighted by Crippen LogP contribution is 2.50. The summed E-state index contributed by atoms with van der Waals surface area (Å²) < 4.78 is 0. The van der Waals surface area contributed by atoms with E-state index in [2.05, 4.69) is 107 Å². The highest BCUT2D eigenvalue weighted by Gasteiger charge is 2.43. The van der Waals surface area contributed by atoms with Crippen LogP contribution in [-0.2, 0) is 0 Å². The Bertz CT molecular complexity index is 1080. The number of nitrogens with zero attached hydrogens (tertiary/aromatic N) is 2. The number of rotatable bonds is 5. The third-order valence-corrected chi connectivity index (χ3v) is 8.68. The van der Waals surface area contributed by atoms with Crippen LogP contribution in [0.4, 0.5) is 5.69 Å². The summed E-state index contributed by atoms with van der Waals surface area (Å²) in [6.45, 7) is 4.78. The number of hydrogen-bond donors (Lipinski definition) is 0. The van der Waals surface area contributed by atoms with Gasteiger partial charge in [0.25, 0.3) is 0 Å². The molecule has 0 amide bonds. The minimum Gasteiger partial charge on any atom is -0.367 e. The molecule has 0 unspecified atom stereocenters. The van der Waals surface area contributed by atoms with E-state index in [1.165, 1.54) is 59.8 Å². The Hall–Kier alpha value is -2.49. The molecule has 0 radical (unpaired) electrons. The van der Waals surface area contributed by atoms with E-state index in [0.717, 1.165) is 13.0 Å². The number of hydrogen-bond acceptors (Lipinski definition) is 3. The maximum Gasteiger partial charge on any atom is 0.0543 e. The molecule has 3 aliphatic heterocycles. The second-order valence-corrected chi connectivity index (χ2v) is 10.6. The zero-order chi connectivity index (χ0) is 22.0. The van der Waals surface area contributed by atoms with Crippen LogP contribution in [0.2, 0.25) is 0 Å². The van der Waals surface area contributed by atoms with Crippen molar-refractivity contribution in [2.24, 2.45) is 0 Å². The van der Waals surface area contributed by atoms with Crippen LogP contribution in [0.25, 0.3) is 5.57 Å². The minimum absolute atomic E-state index is 0.666. The quantitative estimate of drug-likeness (QED) is 0.426. The molecular weight excluding hydrogens is 420 g/mol. The predicted molar refractivity (Wildman–Crippen MR) is 141 cm³/mol. The van der Waals surface area contributed by atoms with Gasteiger partial charge in [-0.3, -0.25) is 0 Å². The minimum atomic E-state index is 0.666. The van der Waals surface area contributed by atoms with Gasteiger partial charge in [0.2, 0.25) is 0 Å². The summed E-state index contributed by atoms with van der Waals surface area (Å²) in [6, 6.07) is 29.4. The molecule has 0 saturated carbocycles. The fourth-order valence-electron chi connectivity index (χ4n) is 6.04. The molecule has 0 aromatic heterocycles. The molecule has 0 N–H and O–H groups in total. The van der Waals surface area contributed by atoms with Crippen LogP contribution in [-0.4, -0.2) is 42.9 Å². The van der Waals surface area contributed by atoms with Crippen LogP contribution in [0.1, 0.15) is 41.9 Å². The van der Waals surface area contributed by atoms with Crippen LogP contribution in [0.15, 0.2) is 89.8 Å².